The van der Waals surface area contributed by atoms with E-state index in [9.17, 15) is 9.59 Å². The molecule has 0 fully saturated rings. The molecule has 0 radical (unpaired) electrons. The number of aryl methyl sites for hydroxylation is 1. The molecular weight excluding hydrogens is 328 g/mol. The van der Waals surface area contributed by atoms with Crippen LogP contribution in [-0.4, -0.2) is 18.9 Å². The molecule has 0 saturated heterocycles. The van der Waals surface area contributed by atoms with Gasteiger partial charge in [-0.2, -0.15) is 0 Å². The third kappa shape index (κ3) is 5.28. The summed E-state index contributed by atoms with van der Waals surface area (Å²) in [7, 11) is 1.60. The van der Waals surface area contributed by atoms with Gasteiger partial charge in [-0.1, -0.05) is 23.7 Å². The van der Waals surface area contributed by atoms with Gasteiger partial charge in [0.2, 0.25) is 11.8 Å². The number of carbonyl (C=O) groups is 2. The summed E-state index contributed by atoms with van der Waals surface area (Å²) in [6.07, 6.45) is -0.238. The normalized spacial score (nSPS) is 10.1. The fourth-order valence-electron chi connectivity index (χ4n) is 2.11. The van der Waals surface area contributed by atoms with Gasteiger partial charge < -0.3 is 15.4 Å². The number of hydrogen-bond donors (Lipinski definition) is 2. The number of anilines is 1. The lowest BCUT2D eigenvalue weighted by Crippen LogP contribution is -2.27. The van der Waals surface area contributed by atoms with Crippen LogP contribution < -0.4 is 15.4 Å². The Morgan fingerprint density at radius 3 is 2.42 bits per heavy atom. The zero-order valence-electron chi connectivity index (χ0n) is 13.6. The molecule has 0 aliphatic heterocycles. The number of halogens is 1. The number of rotatable bonds is 6. The van der Waals surface area contributed by atoms with Crippen LogP contribution >= 0.6 is 11.6 Å². The molecule has 126 valence electrons. The van der Waals surface area contributed by atoms with Crippen molar-refractivity contribution in [3.63, 3.8) is 0 Å². The minimum atomic E-state index is -0.368. The van der Waals surface area contributed by atoms with Crippen LogP contribution in [0.5, 0.6) is 5.75 Å². The van der Waals surface area contributed by atoms with E-state index in [1.54, 1.807) is 25.3 Å². The zero-order chi connectivity index (χ0) is 17.5. The summed E-state index contributed by atoms with van der Waals surface area (Å²) in [5.74, 6) is 0.0466. The third-order valence-corrected chi connectivity index (χ3v) is 3.67. The number of carbonyl (C=O) groups excluding carboxylic acids is 2. The van der Waals surface area contributed by atoms with Gasteiger partial charge in [-0.25, -0.2) is 0 Å². The first-order valence-electron chi connectivity index (χ1n) is 7.43. The SMILES string of the molecule is COc1ccc(CNC(=O)CC(=O)Nc2ccc(Cl)cc2C)cc1. The van der Waals surface area contributed by atoms with Crippen molar-refractivity contribution in [1.82, 2.24) is 5.32 Å². The first-order chi connectivity index (χ1) is 11.5. The van der Waals surface area contributed by atoms with Gasteiger partial charge in [0.1, 0.15) is 12.2 Å². The maximum absolute atomic E-state index is 11.9. The highest BCUT2D eigenvalue weighted by Gasteiger charge is 2.11. The predicted molar refractivity (Wildman–Crippen MR) is 94.3 cm³/mol. The number of hydrogen-bond acceptors (Lipinski definition) is 3. The van der Waals surface area contributed by atoms with Crippen molar-refractivity contribution in [3.05, 3.63) is 58.6 Å². The van der Waals surface area contributed by atoms with Gasteiger partial charge in [0.25, 0.3) is 0 Å². The third-order valence-electron chi connectivity index (χ3n) is 3.43. The zero-order valence-corrected chi connectivity index (χ0v) is 14.3. The van der Waals surface area contributed by atoms with E-state index in [1.165, 1.54) is 0 Å². The molecule has 2 aromatic carbocycles. The number of amides is 2. The number of ether oxygens (including phenoxy) is 1. The van der Waals surface area contributed by atoms with E-state index in [2.05, 4.69) is 10.6 Å². The highest BCUT2D eigenvalue weighted by molar-refractivity contribution is 6.30. The lowest BCUT2D eigenvalue weighted by atomic mass is 10.2. The van der Waals surface area contributed by atoms with Crippen LogP contribution in [0.25, 0.3) is 0 Å². The standard InChI is InChI=1S/C18H19ClN2O3/c1-12-9-14(19)5-8-16(12)21-18(23)10-17(22)20-11-13-3-6-15(24-2)7-4-13/h3-9H,10-11H2,1-2H3,(H,20,22)(H,21,23). The first-order valence-corrected chi connectivity index (χ1v) is 7.81. The van der Waals surface area contributed by atoms with Crippen LogP contribution in [0.2, 0.25) is 5.02 Å². The highest BCUT2D eigenvalue weighted by Crippen LogP contribution is 2.19. The molecular formula is C18H19ClN2O3. The van der Waals surface area contributed by atoms with Crippen LogP contribution in [0, 0.1) is 6.92 Å². The molecule has 0 unspecified atom stereocenters. The van der Waals surface area contributed by atoms with E-state index in [4.69, 9.17) is 16.3 Å². The van der Waals surface area contributed by atoms with Gasteiger partial charge >= 0.3 is 0 Å². The second-order valence-corrected chi connectivity index (χ2v) is 5.75. The van der Waals surface area contributed by atoms with E-state index in [-0.39, 0.29) is 18.2 Å². The van der Waals surface area contributed by atoms with Gasteiger partial charge in [-0.15, -0.1) is 0 Å². The van der Waals surface area contributed by atoms with Crippen molar-refractivity contribution >= 4 is 29.1 Å². The second-order valence-electron chi connectivity index (χ2n) is 5.31. The lowest BCUT2D eigenvalue weighted by Gasteiger charge is -2.09. The van der Waals surface area contributed by atoms with Crippen molar-refractivity contribution in [1.29, 1.82) is 0 Å². The van der Waals surface area contributed by atoms with Crippen LogP contribution in [0.15, 0.2) is 42.5 Å². The van der Waals surface area contributed by atoms with Gasteiger partial charge in [-0.3, -0.25) is 9.59 Å². The predicted octanol–water partition coefficient (Wildman–Crippen LogP) is 3.30. The molecule has 2 amide bonds. The highest BCUT2D eigenvalue weighted by atomic mass is 35.5. The summed E-state index contributed by atoms with van der Waals surface area (Å²) in [5, 5.41) is 6.02. The quantitative estimate of drug-likeness (QED) is 0.788. The number of nitrogens with one attached hydrogen (secondary N) is 2. The Kier molecular flexibility index (Phi) is 6.21. The smallest absolute Gasteiger partial charge is 0.233 e. The van der Waals surface area contributed by atoms with Crippen LogP contribution in [0.3, 0.4) is 0 Å². The molecule has 5 nitrogen and oxygen atoms in total. The average molecular weight is 347 g/mol. The second kappa shape index (κ2) is 8.36. The summed E-state index contributed by atoms with van der Waals surface area (Å²) in [6, 6.07) is 12.5. The largest absolute Gasteiger partial charge is 0.497 e. The molecule has 0 aliphatic rings. The van der Waals surface area contributed by atoms with Crippen LogP contribution in [-0.2, 0) is 16.1 Å². The Morgan fingerprint density at radius 1 is 1.08 bits per heavy atom. The number of methoxy groups -OCH3 is 1. The van der Waals surface area contributed by atoms with Crippen molar-refractivity contribution in [2.75, 3.05) is 12.4 Å². The van der Waals surface area contributed by atoms with Gasteiger partial charge in [0.15, 0.2) is 0 Å². The van der Waals surface area contributed by atoms with Crippen molar-refractivity contribution in [2.45, 2.75) is 19.9 Å². The molecule has 2 N–H and O–H groups in total. The Balaban J connectivity index is 1.81. The number of benzene rings is 2. The summed E-state index contributed by atoms with van der Waals surface area (Å²) >= 11 is 5.87. The van der Waals surface area contributed by atoms with Crippen molar-refractivity contribution in [2.24, 2.45) is 0 Å². The maximum Gasteiger partial charge on any atom is 0.233 e. The summed E-state index contributed by atoms with van der Waals surface area (Å²) in [6.45, 7) is 2.20. The first kappa shape index (κ1) is 17.8. The fraction of sp³-hybridized carbons (Fsp3) is 0.222. The fourth-order valence-corrected chi connectivity index (χ4v) is 2.34. The molecule has 0 atom stereocenters. The molecule has 0 aromatic heterocycles. The molecule has 0 aliphatic carbocycles. The molecule has 0 heterocycles. The minimum Gasteiger partial charge on any atom is -0.497 e. The van der Waals surface area contributed by atoms with Gasteiger partial charge in [0, 0.05) is 17.3 Å². The summed E-state index contributed by atoms with van der Waals surface area (Å²) < 4.78 is 5.07. The van der Waals surface area contributed by atoms with E-state index >= 15 is 0 Å². The average Bonchev–Trinajstić information content (AvgIpc) is 2.56. The van der Waals surface area contributed by atoms with Crippen molar-refractivity contribution < 1.29 is 14.3 Å². The van der Waals surface area contributed by atoms with Crippen LogP contribution in [0.1, 0.15) is 17.5 Å². The van der Waals surface area contributed by atoms with E-state index in [1.807, 2.05) is 31.2 Å². The van der Waals surface area contributed by atoms with E-state index in [0.717, 1.165) is 16.9 Å². The van der Waals surface area contributed by atoms with Crippen LogP contribution in [0.4, 0.5) is 5.69 Å². The monoisotopic (exact) mass is 346 g/mol. The van der Waals surface area contributed by atoms with Crippen molar-refractivity contribution in [3.8, 4) is 5.75 Å². The molecule has 0 spiro atoms. The minimum absolute atomic E-state index is 0.238. The summed E-state index contributed by atoms with van der Waals surface area (Å²) in [5.41, 5.74) is 2.42. The molecule has 24 heavy (non-hydrogen) atoms. The summed E-state index contributed by atoms with van der Waals surface area (Å²) in [4.78, 5) is 23.8. The van der Waals surface area contributed by atoms with E-state index < -0.39 is 0 Å². The Hall–Kier alpha value is -2.53. The lowest BCUT2D eigenvalue weighted by molar-refractivity contribution is -0.126. The Morgan fingerprint density at radius 2 is 1.79 bits per heavy atom. The molecule has 2 rings (SSSR count). The Labute approximate surface area is 146 Å². The van der Waals surface area contributed by atoms with Gasteiger partial charge in [-0.05, 0) is 48.4 Å². The topological polar surface area (TPSA) is 67.4 Å². The van der Waals surface area contributed by atoms with E-state index in [0.29, 0.717) is 17.3 Å². The molecule has 0 bridgehead atoms. The molecule has 6 heteroatoms. The van der Waals surface area contributed by atoms with Gasteiger partial charge in [0.05, 0.1) is 7.11 Å². The molecule has 2 aromatic rings. The Bertz CT molecular complexity index is 730. The maximum atomic E-state index is 11.9. The molecule has 0 saturated carbocycles.